The predicted molar refractivity (Wildman–Crippen MR) is 92.4 cm³/mol. The number of rotatable bonds is 6. The van der Waals surface area contributed by atoms with Gasteiger partial charge in [0.1, 0.15) is 0 Å². The van der Waals surface area contributed by atoms with Crippen LogP contribution >= 0.6 is 0 Å². The van der Waals surface area contributed by atoms with Crippen molar-refractivity contribution in [2.45, 2.75) is 45.8 Å². The highest BCUT2D eigenvalue weighted by molar-refractivity contribution is 5.78. The summed E-state index contributed by atoms with van der Waals surface area (Å²) in [6.07, 6.45) is 4.00. The maximum Gasteiger partial charge on any atom is 0.234 e. The molecule has 1 aliphatic heterocycles. The number of carbonyl (C=O) groups excluding carboxylic acids is 1. The number of hydrogen-bond donors (Lipinski definition) is 1. The molecule has 2 aromatic rings. The second kappa shape index (κ2) is 7.57. The van der Waals surface area contributed by atoms with E-state index in [1.54, 1.807) is 6.20 Å². The third-order valence-electron chi connectivity index (χ3n) is 4.53. The van der Waals surface area contributed by atoms with E-state index in [9.17, 15) is 4.79 Å². The van der Waals surface area contributed by atoms with Gasteiger partial charge in [-0.15, -0.1) is 0 Å². The molecular formula is C18H25N5O. The number of aryl methyl sites for hydroxylation is 2. The Balaban J connectivity index is 1.52. The van der Waals surface area contributed by atoms with Crippen molar-refractivity contribution in [2.75, 3.05) is 13.1 Å². The second-order valence-electron chi connectivity index (χ2n) is 6.47. The molecular weight excluding hydrogens is 302 g/mol. The first-order valence-electron chi connectivity index (χ1n) is 8.53. The predicted octanol–water partition coefficient (Wildman–Crippen LogP) is 1.68. The van der Waals surface area contributed by atoms with Crippen LogP contribution in [0.4, 0.5) is 0 Å². The molecule has 1 saturated heterocycles. The zero-order chi connectivity index (χ0) is 16.9. The van der Waals surface area contributed by atoms with Crippen LogP contribution in [0, 0.1) is 13.8 Å². The first-order valence-corrected chi connectivity index (χ1v) is 8.53. The third kappa shape index (κ3) is 4.20. The van der Waals surface area contributed by atoms with Crippen molar-refractivity contribution >= 4 is 5.91 Å². The Hall–Kier alpha value is -2.21. The average molecular weight is 327 g/mol. The van der Waals surface area contributed by atoms with Crippen molar-refractivity contribution in [1.82, 2.24) is 25.0 Å². The van der Waals surface area contributed by atoms with Gasteiger partial charge >= 0.3 is 0 Å². The maximum absolute atomic E-state index is 12.2. The van der Waals surface area contributed by atoms with Gasteiger partial charge in [0, 0.05) is 17.9 Å². The van der Waals surface area contributed by atoms with Crippen molar-refractivity contribution in [2.24, 2.45) is 0 Å². The van der Waals surface area contributed by atoms with Crippen molar-refractivity contribution in [3.8, 4) is 0 Å². The molecule has 1 aliphatic rings. The summed E-state index contributed by atoms with van der Waals surface area (Å²) in [6.45, 7) is 6.85. The number of aromatic nitrogens is 3. The summed E-state index contributed by atoms with van der Waals surface area (Å²) < 4.78 is 2.06. The molecule has 0 aromatic carbocycles. The first-order chi connectivity index (χ1) is 11.6. The topological polar surface area (TPSA) is 63.1 Å². The molecule has 0 saturated carbocycles. The van der Waals surface area contributed by atoms with Crippen LogP contribution in [0.3, 0.4) is 0 Å². The quantitative estimate of drug-likeness (QED) is 0.877. The number of amides is 1. The molecule has 6 heteroatoms. The van der Waals surface area contributed by atoms with Gasteiger partial charge in [0.25, 0.3) is 0 Å². The Morgan fingerprint density at radius 1 is 1.38 bits per heavy atom. The highest BCUT2D eigenvalue weighted by atomic mass is 16.2. The molecule has 1 fully saturated rings. The fraction of sp³-hybridized carbons (Fsp3) is 0.500. The van der Waals surface area contributed by atoms with Gasteiger partial charge in [0.2, 0.25) is 5.91 Å². The molecule has 2 aromatic heterocycles. The lowest BCUT2D eigenvalue weighted by atomic mass is 10.2. The minimum atomic E-state index is 0.0564. The Labute approximate surface area is 142 Å². The Morgan fingerprint density at radius 2 is 2.25 bits per heavy atom. The summed E-state index contributed by atoms with van der Waals surface area (Å²) in [5.41, 5.74) is 3.11. The van der Waals surface area contributed by atoms with E-state index in [0.29, 0.717) is 19.1 Å². The van der Waals surface area contributed by atoms with E-state index >= 15 is 0 Å². The lowest BCUT2D eigenvalue weighted by Crippen LogP contribution is -2.41. The monoisotopic (exact) mass is 327 g/mol. The van der Waals surface area contributed by atoms with Gasteiger partial charge < -0.3 is 5.32 Å². The van der Waals surface area contributed by atoms with Crippen LogP contribution in [-0.2, 0) is 17.9 Å². The molecule has 3 rings (SSSR count). The maximum atomic E-state index is 12.2. The minimum Gasteiger partial charge on any atom is -0.349 e. The fourth-order valence-electron chi connectivity index (χ4n) is 3.30. The molecule has 128 valence electrons. The third-order valence-corrected chi connectivity index (χ3v) is 4.53. The Kier molecular flexibility index (Phi) is 5.25. The van der Waals surface area contributed by atoms with Gasteiger partial charge in [-0.1, -0.05) is 6.07 Å². The van der Waals surface area contributed by atoms with E-state index in [1.165, 1.54) is 5.69 Å². The fourth-order valence-corrected chi connectivity index (χ4v) is 3.30. The smallest absolute Gasteiger partial charge is 0.234 e. The normalized spacial score (nSPS) is 18.0. The van der Waals surface area contributed by atoms with Gasteiger partial charge in [-0.25, -0.2) is 0 Å². The molecule has 1 N–H and O–H groups in total. The minimum absolute atomic E-state index is 0.0564. The lowest BCUT2D eigenvalue weighted by Gasteiger charge is -2.24. The SMILES string of the molecule is Cc1cc(C)n(CC2CCCN2CC(=O)NCc2ccccn2)n1. The van der Waals surface area contributed by atoms with Crippen LogP contribution in [0.1, 0.15) is 29.9 Å². The lowest BCUT2D eigenvalue weighted by molar-refractivity contribution is -0.122. The van der Waals surface area contributed by atoms with E-state index in [2.05, 4.69) is 38.0 Å². The largest absolute Gasteiger partial charge is 0.349 e. The average Bonchev–Trinajstić information content (AvgIpc) is 3.13. The standard InChI is InChI=1S/C18H25N5O/c1-14-10-15(2)23(21-14)12-17-7-5-9-22(17)13-18(24)20-11-16-6-3-4-8-19-16/h3-4,6,8,10,17H,5,7,9,11-13H2,1-2H3,(H,20,24). The van der Waals surface area contributed by atoms with E-state index in [0.717, 1.165) is 37.3 Å². The van der Waals surface area contributed by atoms with E-state index in [4.69, 9.17) is 0 Å². The zero-order valence-corrected chi connectivity index (χ0v) is 14.4. The molecule has 1 atom stereocenters. The van der Waals surface area contributed by atoms with E-state index < -0.39 is 0 Å². The van der Waals surface area contributed by atoms with E-state index in [1.807, 2.05) is 25.1 Å². The molecule has 1 amide bonds. The number of hydrogen-bond acceptors (Lipinski definition) is 4. The highest BCUT2D eigenvalue weighted by Crippen LogP contribution is 2.19. The zero-order valence-electron chi connectivity index (χ0n) is 14.4. The summed E-state index contributed by atoms with van der Waals surface area (Å²) in [5, 5.41) is 7.50. The summed E-state index contributed by atoms with van der Waals surface area (Å²) in [7, 11) is 0. The summed E-state index contributed by atoms with van der Waals surface area (Å²) in [4.78, 5) is 18.7. The van der Waals surface area contributed by atoms with Gasteiger partial charge in [-0.05, 0) is 51.4 Å². The Bertz CT molecular complexity index is 682. The van der Waals surface area contributed by atoms with Crippen LogP contribution in [0.5, 0.6) is 0 Å². The second-order valence-corrected chi connectivity index (χ2v) is 6.47. The highest BCUT2D eigenvalue weighted by Gasteiger charge is 2.27. The van der Waals surface area contributed by atoms with Crippen LogP contribution in [0.15, 0.2) is 30.5 Å². The Morgan fingerprint density at radius 3 is 2.96 bits per heavy atom. The van der Waals surface area contributed by atoms with Crippen LogP contribution in [0.2, 0.25) is 0 Å². The van der Waals surface area contributed by atoms with Crippen LogP contribution in [-0.4, -0.2) is 44.7 Å². The van der Waals surface area contributed by atoms with Gasteiger partial charge in [-0.3, -0.25) is 19.4 Å². The molecule has 24 heavy (non-hydrogen) atoms. The van der Waals surface area contributed by atoms with E-state index in [-0.39, 0.29) is 5.91 Å². The molecule has 6 nitrogen and oxygen atoms in total. The summed E-state index contributed by atoms with van der Waals surface area (Å²) >= 11 is 0. The number of nitrogens with zero attached hydrogens (tertiary/aromatic N) is 4. The van der Waals surface area contributed by atoms with Gasteiger partial charge in [0.15, 0.2) is 0 Å². The number of pyridine rings is 1. The van der Waals surface area contributed by atoms with Crippen molar-refractivity contribution in [3.63, 3.8) is 0 Å². The molecule has 0 spiro atoms. The van der Waals surface area contributed by atoms with Gasteiger partial charge in [-0.2, -0.15) is 5.10 Å². The number of likely N-dealkylation sites (tertiary alicyclic amines) is 1. The van der Waals surface area contributed by atoms with Crippen molar-refractivity contribution < 1.29 is 4.79 Å². The first kappa shape index (κ1) is 16.6. The van der Waals surface area contributed by atoms with Crippen molar-refractivity contribution in [1.29, 1.82) is 0 Å². The number of nitrogens with one attached hydrogen (secondary N) is 1. The summed E-state index contributed by atoms with van der Waals surface area (Å²) in [5.74, 6) is 0.0564. The molecule has 0 bridgehead atoms. The van der Waals surface area contributed by atoms with Crippen LogP contribution < -0.4 is 5.32 Å². The molecule has 3 heterocycles. The molecule has 0 aliphatic carbocycles. The number of carbonyl (C=O) groups is 1. The molecule has 0 radical (unpaired) electrons. The molecule has 1 unspecified atom stereocenters. The van der Waals surface area contributed by atoms with Crippen molar-refractivity contribution in [3.05, 3.63) is 47.5 Å². The van der Waals surface area contributed by atoms with Crippen LogP contribution in [0.25, 0.3) is 0 Å². The summed E-state index contributed by atoms with van der Waals surface area (Å²) in [6, 6.07) is 8.20. The van der Waals surface area contributed by atoms with Gasteiger partial charge in [0.05, 0.1) is 31.0 Å².